The van der Waals surface area contributed by atoms with E-state index in [1.165, 1.54) is 128 Å². The van der Waals surface area contributed by atoms with E-state index in [0.717, 1.165) is 22.3 Å². The van der Waals surface area contributed by atoms with Crippen molar-refractivity contribution in [3.63, 3.8) is 0 Å². The van der Waals surface area contributed by atoms with Crippen molar-refractivity contribution in [3.8, 4) is 33.8 Å². The van der Waals surface area contributed by atoms with Gasteiger partial charge in [-0.05, 0) is 87.8 Å². The van der Waals surface area contributed by atoms with Crippen LogP contribution < -0.4 is 0 Å². The number of hydrogen-bond donors (Lipinski definition) is 2. The van der Waals surface area contributed by atoms with Crippen LogP contribution in [0.1, 0.15) is 84.0 Å². The van der Waals surface area contributed by atoms with E-state index in [4.69, 9.17) is 0 Å². The van der Waals surface area contributed by atoms with Gasteiger partial charge in [-0.25, -0.2) is 0 Å². The molecule has 0 aliphatic rings. The molecule has 0 aromatic heterocycles. The number of hydrogen-bond acceptors (Lipinski definition) is 2. The van der Waals surface area contributed by atoms with Gasteiger partial charge in [0.1, 0.15) is 11.5 Å². The van der Waals surface area contributed by atoms with Crippen LogP contribution in [0.25, 0.3) is 43.8 Å². The van der Waals surface area contributed by atoms with Crippen LogP contribution in [0.4, 0.5) is 0 Å². The molecule has 2 N–H and O–H groups in total. The Kier molecular flexibility index (Phi) is 23.5. The molecule has 0 amide bonds. The summed E-state index contributed by atoms with van der Waals surface area (Å²) >= 11 is 1.36. The van der Waals surface area contributed by atoms with Crippen LogP contribution in [0.15, 0.2) is 146 Å². The van der Waals surface area contributed by atoms with Crippen LogP contribution in [-0.2, 0) is 36.2 Å². The monoisotopic (exact) mass is 914 g/mol. The molecule has 0 spiro atoms. The number of rotatable bonds is 8. The molecule has 8 rings (SSSR count). The van der Waals surface area contributed by atoms with Crippen molar-refractivity contribution >= 4 is 28.4 Å². The van der Waals surface area contributed by atoms with Gasteiger partial charge in [-0.1, -0.05) is 159 Å². The summed E-state index contributed by atoms with van der Waals surface area (Å²) in [6.45, 7) is 19.3. The van der Waals surface area contributed by atoms with Crippen molar-refractivity contribution in [1.29, 1.82) is 0 Å². The van der Waals surface area contributed by atoms with Gasteiger partial charge in [0, 0.05) is 0 Å². The van der Waals surface area contributed by atoms with Crippen LogP contribution in [0.3, 0.4) is 0 Å². The van der Waals surface area contributed by atoms with Crippen molar-refractivity contribution in [1.82, 2.24) is 0 Å². The Morgan fingerprint density at radius 3 is 1.08 bits per heavy atom. The number of aryl methyl sites for hydroxylation is 8. The van der Waals surface area contributed by atoms with Crippen molar-refractivity contribution in [2.75, 3.05) is 0 Å². The number of unbranched alkanes of at least 4 members (excludes halogenated alkanes) is 2. The number of aromatic hydroxyl groups is 2. The Morgan fingerprint density at radius 1 is 0.452 bits per heavy atom. The summed E-state index contributed by atoms with van der Waals surface area (Å²) in [5.74, 6) is 0.844. The first-order valence-electron chi connectivity index (χ1n) is 21.2. The molecule has 62 heavy (non-hydrogen) atoms. The zero-order chi connectivity index (χ0) is 43.6. The number of phenolic OH excluding ortho intramolecular Hbond substituents is 2. The van der Waals surface area contributed by atoms with Crippen LogP contribution in [0.2, 0.25) is 0 Å². The van der Waals surface area contributed by atoms with E-state index in [0.29, 0.717) is 11.5 Å². The summed E-state index contributed by atoms with van der Waals surface area (Å²) in [5.41, 5.74) is 14.5. The second kappa shape index (κ2) is 27.3. The molecule has 4 heteroatoms. The van der Waals surface area contributed by atoms with E-state index in [9.17, 15) is 10.2 Å². The van der Waals surface area contributed by atoms with Crippen molar-refractivity contribution < 1.29 is 33.5 Å². The molecule has 324 valence electrons. The fourth-order valence-corrected chi connectivity index (χ4v) is 7.73. The summed E-state index contributed by atoms with van der Waals surface area (Å²) < 4.78 is 0. The summed E-state index contributed by atoms with van der Waals surface area (Å²) in [7, 11) is 0. The molecule has 0 aliphatic heterocycles. The van der Waals surface area contributed by atoms with Crippen LogP contribution >= 0.6 is 0 Å². The van der Waals surface area contributed by atoms with Gasteiger partial charge in [-0.3, -0.25) is 0 Å². The fraction of sp³-hybridized carbons (Fsp3) is 0.241. The van der Waals surface area contributed by atoms with Crippen molar-refractivity contribution in [3.05, 3.63) is 205 Å². The summed E-state index contributed by atoms with van der Waals surface area (Å²) in [5, 5.41) is 24.2. The van der Waals surface area contributed by atoms with E-state index < -0.39 is 0 Å². The molecule has 0 atom stereocenters. The average Bonchev–Trinajstić information content (AvgIpc) is 3.89. The van der Waals surface area contributed by atoms with Gasteiger partial charge >= 0.3 is 30.2 Å². The zero-order valence-corrected chi connectivity index (χ0v) is 42.5. The van der Waals surface area contributed by atoms with Gasteiger partial charge in [0.05, 0.1) is 0 Å². The van der Waals surface area contributed by atoms with E-state index in [1.807, 2.05) is 65.8 Å². The maximum atomic E-state index is 9.33. The van der Waals surface area contributed by atoms with Gasteiger partial charge in [0.15, 0.2) is 0 Å². The third-order valence-corrected chi connectivity index (χ3v) is 10.7. The number of fused-ring (bicyclic) bond motifs is 2. The van der Waals surface area contributed by atoms with Crippen LogP contribution in [0, 0.1) is 56.4 Å². The first-order chi connectivity index (χ1) is 29.0. The van der Waals surface area contributed by atoms with Crippen LogP contribution in [0.5, 0.6) is 11.5 Å². The first kappa shape index (κ1) is 53.4. The molecule has 8 aromatic carbocycles. The van der Waals surface area contributed by atoms with Crippen molar-refractivity contribution in [2.45, 2.75) is 93.9 Å². The topological polar surface area (TPSA) is 40.5 Å². The maximum absolute atomic E-state index is 9.33. The molecule has 0 bridgehead atoms. The average molecular weight is 916 g/mol. The molecule has 8 aromatic rings. The molecule has 0 heterocycles. The van der Waals surface area contributed by atoms with E-state index in [2.05, 4.69) is 142 Å². The van der Waals surface area contributed by atoms with Gasteiger partial charge in [-0.15, -0.1) is 69.1 Å². The molecule has 2 nitrogen and oxygen atoms in total. The van der Waals surface area contributed by atoms with Crippen molar-refractivity contribution in [2.24, 2.45) is 0 Å². The molecule has 0 saturated carbocycles. The Morgan fingerprint density at radius 2 is 0.774 bits per heavy atom. The van der Waals surface area contributed by atoms with Gasteiger partial charge in [0.2, 0.25) is 0 Å². The SMILES string of the molecule is CCCCc1cc2c(-c3ccccc3)cccc2[cH-]1.CCCCc1cc2c(-c3ccccc3)cccc2[cH-]1.Cc1cc(C)c(O)c(C)c1.Cc1cc(C)c(O)c(C)c1.[CH3-].[CH3-].[Si]=[Zr]. The van der Waals surface area contributed by atoms with Crippen LogP contribution in [-0.4, -0.2) is 17.1 Å². The Hall–Kier alpha value is -4.76. The fourth-order valence-electron chi connectivity index (χ4n) is 7.73. The number of benzene rings is 6. The Balaban J connectivity index is 0.000000289. The van der Waals surface area contributed by atoms with E-state index in [-0.39, 0.29) is 14.9 Å². The predicted octanol–water partition coefficient (Wildman–Crippen LogP) is 16.3. The molecule has 0 saturated heterocycles. The molecular weight excluding hydrogens is 848 g/mol. The number of phenols is 2. The van der Waals surface area contributed by atoms with Gasteiger partial charge in [-0.2, -0.15) is 12.1 Å². The zero-order valence-electron chi connectivity index (χ0n) is 39.0. The Bertz CT molecular complexity index is 2300. The second-order valence-corrected chi connectivity index (χ2v) is 15.8. The summed E-state index contributed by atoms with van der Waals surface area (Å²) in [6, 6.07) is 51.9. The molecular formula is C58H68O2SiZr-4. The van der Waals surface area contributed by atoms with Gasteiger partial charge < -0.3 is 25.1 Å². The molecule has 2 radical (unpaired) electrons. The minimum atomic E-state index is 0. The molecule has 0 aliphatic carbocycles. The Labute approximate surface area is 392 Å². The third kappa shape index (κ3) is 15.2. The standard InChI is InChI=1S/2C19H19.2C9H12O.2CH3.Si.Zr/c2*1-2-3-8-15-13-17-11-7-12-18(19(17)14-15)16-9-5-4-6-10-16;2*1-6-4-7(2)9(10)8(3)5-6;;;;/h2*4-7,9-14H,2-3,8H2,1H3;2*4-5,10H,1-3H3;2*1H3;;/q2*-1;;;2*-1;;. The van der Waals surface area contributed by atoms with E-state index in [1.54, 1.807) is 0 Å². The molecule has 0 fully saturated rings. The van der Waals surface area contributed by atoms with Gasteiger partial charge in [0.25, 0.3) is 0 Å². The third-order valence-electron chi connectivity index (χ3n) is 10.7. The second-order valence-electron chi connectivity index (χ2n) is 15.8. The first-order valence-corrected chi connectivity index (χ1v) is 25.4. The quantitative estimate of drug-likeness (QED) is 0.118. The normalized spacial score (nSPS) is 9.98. The summed E-state index contributed by atoms with van der Waals surface area (Å²) in [6.07, 6.45) is 7.45. The van der Waals surface area contributed by atoms with E-state index >= 15 is 0 Å². The predicted molar refractivity (Wildman–Crippen MR) is 270 cm³/mol. The summed E-state index contributed by atoms with van der Waals surface area (Å²) in [4.78, 5) is 0. The minimum absolute atomic E-state index is 0. The molecule has 0 unspecified atom stereocenters.